The minimum atomic E-state index is -1.98. The minimum Gasteiger partial charge on any atom is -0.412 e. The molecule has 0 saturated carbocycles. The van der Waals surface area contributed by atoms with Gasteiger partial charge >= 0.3 is 0 Å². The molecule has 0 spiro atoms. The SMILES string of the molecule is CC(C)(C)[Si](C)(C)OCc1cccc(-c2cnc(N3CCC(=NOCCn4cccn4)CC3)nc2)c1F. The lowest BCUT2D eigenvalue weighted by atomic mass is 10.1. The van der Waals surface area contributed by atoms with Crippen molar-refractivity contribution >= 4 is 20.0 Å². The molecule has 1 fully saturated rings. The number of oxime groups is 1. The third-order valence-corrected chi connectivity index (χ3v) is 11.7. The van der Waals surface area contributed by atoms with E-state index in [1.165, 1.54) is 0 Å². The normalized spacial score (nSPS) is 14.6. The lowest BCUT2D eigenvalue weighted by Gasteiger charge is -2.36. The zero-order valence-corrected chi connectivity index (χ0v) is 23.4. The van der Waals surface area contributed by atoms with E-state index in [4.69, 9.17) is 9.26 Å². The summed E-state index contributed by atoms with van der Waals surface area (Å²) in [5.41, 5.74) is 2.73. The molecule has 0 N–H and O–H groups in total. The average Bonchev–Trinajstić information content (AvgIpc) is 3.40. The summed E-state index contributed by atoms with van der Waals surface area (Å²) < 4.78 is 23.4. The molecule has 0 bridgehead atoms. The van der Waals surface area contributed by atoms with E-state index in [-0.39, 0.29) is 17.5 Å². The standard InChI is InChI=1S/C27H37FN6O2Si/c1-27(2,3)37(4,5)36-20-21-8-6-9-24(25(21)28)22-18-29-26(30-19-22)33-14-10-23(11-15-33)32-35-17-16-34-13-7-12-31-34/h6-9,12-13,18-19H,10-11,14-17,20H2,1-5H3. The van der Waals surface area contributed by atoms with Gasteiger partial charge in [-0.2, -0.15) is 5.10 Å². The van der Waals surface area contributed by atoms with Crippen molar-refractivity contribution < 1.29 is 13.7 Å². The third kappa shape index (κ3) is 6.81. The highest BCUT2D eigenvalue weighted by Gasteiger charge is 2.37. The second-order valence-electron chi connectivity index (χ2n) is 10.8. The average molecular weight is 525 g/mol. The number of hydrogen-bond acceptors (Lipinski definition) is 7. The molecule has 0 aliphatic carbocycles. The summed E-state index contributed by atoms with van der Waals surface area (Å²) in [6.45, 7) is 13.8. The van der Waals surface area contributed by atoms with Crippen molar-refractivity contribution in [1.29, 1.82) is 0 Å². The number of halogens is 1. The summed E-state index contributed by atoms with van der Waals surface area (Å²) in [5, 5.41) is 8.50. The monoisotopic (exact) mass is 524 g/mol. The first kappa shape index (κ1) is 26.9. The molecule has 4 rings (SSSR count). The van der Waals surface area contributed by atoms with Crippen molar-refractivity contribution in [1.82, 2.24) is 19.7 Å². The predicted molar refractivity (Wildman–Crippen MR) is 146 cm³/mol. The predicted octanol–water partition coefficient (Wildman–Crippen LogP) is 5.67. The Balaban J connectivity index is 1.32. The molecule has 0 atom stereocenters. The van der Waals surface area contributed by atoms with E-state index < -0.39 is 8.32 Å². The fraction of sp³-hybridized carbons (Fsp3) is 0.481. The van der Waals surface area contributed by atoms with Gasteiger partial charge in [-0.05, 0) is 24.2 Å². The zero-order valence-electron chi connectivity index (χ0n) is 22.4. The largest absolute Gasteiger partial charge is 0.412 e. The molecule has 198 valence electrons. The molecular weight excluding hydrogens is 487 g/mol. The van der Waals surface area contributed by atoms with Crippen LogP contribution in [0.25, 0.3) is 11.1 Å². The molecule has 0 unspecified atom stereocenters. The van der Waals surface area contributed by atoms with Crippen LogP contribution in [0.3, 0.4) is 0 Å². The molecule has 1 aromatic carbocycles. The Bertz CT molecular complexity index is 1180. The first-order valence-corrected chi connectivity index (χ1v) is 15.7. The van der Waals surface area contributed by atoms with Gasteiger partial charge in [0.2, 0.25) is 5.95 Å². The van der Waals surface area contributed by atoms with E-state index in [2.05, 4.69) is 59.0 Å². The quantitative estimate of drug-likeness (QED) is 0.204. The van der Waals surface area contributed by atoms with Crippen molar-refractivity contribution in [2.24, 2.45) is 5.16 Å². The number of benzene rings is 1. The van der Waals surface area contributed by atoms with Crippen LogP contribution in [0.15, 0.2) is 54.2 Å². The third-order valence-electron chi connectivity index (χ3n) is 7.21. The summed E-state index contributed by atoms with van der Waals surface area (Å²) in [7, 11) is -1.98. The number of piperidine rings is 1. The number of anilines is 1. The van der Waals surface area contributed by atoms with Crippen molar-refractivity contribution in [3.05, 3.63) is 60.4 Å². The fourth-order valence-electron chi connectivity index (χ4n) is 3.77. The summed E-state index contributed by atoms with van der Waals surface area (Å²) >= 11 is 0. The Kier molecular flexibility index (Phi) is 8.38. The van der Waals surface area contributed by atoms with Crippen LogP contribution in [-0.2, 0) is 22.4 Å². The second kappa shape index (κ2) is 11.5. The Morgan fingerprint density at radius 1 is 1.08 bits per heavy atom. The van der Waals surface area contributed by atoms with Gasteiger partial charge in [0, 0.05) is 67.4 Å². The highest BCUT2D eigenvalue weighted by Crippen LogP contribution is 2.37. The van der Waals surface area contributed by atoms with Gasteiger partial charge in [-0.25, -0.2) is 14.4 Å². The van der Waals surface area contributed by atoms with Gasteiger partial charge < -0.3 is 14.2 Å². The van der Waals surface area contributed by atoms with E-state index in [9.17, 15) is 0 Å². The van der Waals surface area contributed by atoms with E-state index in [0.717, 1.165) is 31.6 Å². The summed E-state index contributed by atoms with van der Waals surface area (Å²) in [4.78, 5) is 16.7. The van der Waals surface area contributed by atoms with E-state index >= 15 is 4.39 Å². The van der Waals surface area contributed by atoms with Crippen LogP contribution in [-0.4, -0.2) is 53.5 Å². The van der Waals surface area contributed by atoms with Crippen molar-refractivity contribution in [2.45, 2.75) is 64.9 Å². The van der Waals surface area contributed by atoms with Crippen LogP contribution < -0.4 is 4.90 Å². The number of rotatable bonds is 9. The van der Waals surface area contributed by atoms with Crippen LogP contribution in [0.5, 0.6) is 0 Å². The van der Waals surface area contributed by atoms with Crippen LogP contribution in [0.1, 0.15) is 39.2 Å². The Hall–Kier alpha value is -3.11. The van der Waals surface area contributed by atoms with E-state index in [1.807, 2.05) is 23.0 Å². The molecule has 1 aliphatic heterocycles. The number of aromatic nitrogens is 4. The van der Waals surface area contributed by atoms with Gasteiger partial charge in [0.05, 0.1) is 18.9 Å². The summed E-state index contributed by atoms with van der Waals surface area (Å²) in [6.07, 6.45) is 8.61. The summed E-state index contributed by atoms with van der Waals surface area (Å²) in [6, 6.07) is 7.30. The topological polar surface area (TPSA) is 77.7 Å². The number of nitrogens with zero attached hydrogens (tertiary/aromatic N) is 6. The van der Waals surface area contributed by atoms with Gasteiger partial charge in [0.25, 0.3) is 0 Å². The molecule has 2 aromatic heterocycles. The molecule has 10 heteroatoms. The molecular formula is C27H37FN6O2Si. The smallest absolute Gasteiger partial charge is 0.225 e. The molecule has 37 heavy (non-hydrogen) atoms. The zero-order chi connectivity index (χ0) is 26.5. The second-order valence-corrected chi connectivity index (χ2v) is 15.7. The van der Waals surface area contributed by atoms with Gasteiger partial charge in [-0.1, -0.05) is 44.1 Å². The van der Waals surface area contributed by atoms with Crippen LogP contribution >= 0.6 is 0 Å². The molecule has 1 aliphatic rings. The minimum absolute atomic E-state index is 0.0690. The first-order chi connectivity index (χ1) is 17.6. The first-order valence-electron chi connectivity index (χ1n) is 12.8. The maximum Gasteiger partial charge on any atom is 0.225 e. The van der Waals surface area contributed by atoms with Crippen molar-refractivity contribution in [3.8, 4) is 11.1 Å². The Labute approximate surface area is 219 Å². The lowest BCUT2D eigenvalue weighted by Crippen LogP contribution is -2.40. The molecule has 3 aromatic rings. The van der Waals surface area contributed by atoms with Gasteiger partial charge in [0.1, 0.15) is 12.4 Å². The molecule has 0 amide bonds. The van der Waals surface area contributed by atoms with Gasteiger partial charge in [-0.3, -0.25) is 4.68 Å². The van der Waals surface area contributed by atoms with Crippen molar-refractivity contribution in [3.63, 3.8) is 0 Å². The molecule has 3 heterocycles. The number of hydrogen-bond donors (Lipinski definition) is 0. The lowest BCUT2D eigenvalue weighted by molar-refractivity contribution is 0.131. The van der Waals surface area contributed by atoms with Crippen LogP contribution in [0.2, 0.25) is 18.1 Å². The van der Waals surface area contributed by atoms with E-state index in [0.29, 0.717) is 35.8 Å². The molecule has 1 saturated heterocycles. The highest BCUT2D eigenvalue weighted by molar-refractivity contribution is 6.74. The van der Waals surface area contributed by atoms with Gasteiger partial charge in [-0.15, -0.1) is 0 Å². The fourth-order valence-corrected chi connectivity index (χ4v) is 4.72. The van der Waals surface area contributed by atoms with Gasteiger partial charge in [0.15, 0.2) is 8.32 Å². The van der Waals surface area contributed by atoms with Crippen LogP contribution in [0, 0.1) is 5.82 Å². The van der Waals surface area contributed by atoms with Crippen molar-refractivity contribution in [2.75, 3.05) is 24.6 Å². The Morgan fingerprint density at radius 2 is 1.81 bits per heavy atom. The molecule has 0 radical (unpaired) electrons. The maximum atomic E-state index is 15.4. The maximum absolute atomic E-state index is 15.4. The summed E-state index contributed by atoms with van der Waals surface area (Å²) in [5.74, 6) is 0.365. The Morgan fingerprint density at radius 3 is 2.46 bits per heavy atom. The van der Waals surface area contributed by atoms with E-state index in [1.54, 1.807) is 30.7 Å². The van der Waals surface area contributed by atoms with Crippen LogP contribution in [0.4, 0.5) is 10.3 Å². The molecule has 8 nitrogen and oxygen atoms in total. The highest BCUT2D eigenvalue weighted by atomic mass is 28.4.